The third-order valence-electron chi connectivity index (χ3n) is 1.13. The lowest BCUT2D eigenvalue weighted by molar-refractivity contribution is -0.432. The van der Waals surface area contributed by atoms with Crippen molar-refractivity contribution in [3.05, 3.63) is 0 Å². The van der Waals surface area contributed by atoms with E-state index in [-0.39, 0.29) is 18.6 Å². The van der Waals surface area contributed by atoms with Crippen molar-refractivity contribution in [1.82, 2.24) is 0 Å². The van der Waals surface area contributed by atoms with E-state index in [4.69, 9.17) is 9.84 Å². The molecule has 0 radical (unpaired) electrons. The Morgan fingerprint density at radius 2 is 2.30 bits per heavy atom. The van der Waals surface area contributed by atoms with E-state index in [0.29, 0.717) is 0 Å². The van der Waals surface area contributed by atoms with Crippen molar-refractivity contribution >= 4 is 5.97 Å². The molecule has 0 bridgehead atoms. The molecule has 0 saturated heterocycles. The second kappa shape index (κ2) is 4.24. The molecule has 0 aromatic carbocycles. The lowest BCUT2D eigenvalue weighted by atomic mass is 10.2. The lowest BCUT2D eigenvalue weighted by Gasteiger charge is -2.14. The maximum absolute atomic E-state index is 10.4. The van der Waals surface area contributed by atoms with E-state index in [9.17, 15) is 4.79 Å². The van der Waals surface area contributed by atoms with Crippen molar-refractivity contribution in [2.24, 2.45) is 0 Å². The summed E-state index contributed by atoms with van der Waals surface area (Å²) in [6.45, 7) is 2.93. The number of rotatable bonds is 3. The summed E-state index contributed by atoms with van der Waals surface area (Å²) < 4.78 is 4.71. The van der Waals surface area contributed by atoms with Gasteiger partial charge in [-0.3, -0.25) is 4.79 Å². The molecule has 60 valence electrons. The Hall–Kier alpha value is -0.610. The largest absolute Gasteiger partial charge is 0.454 e. The van der Waals surface area contributed by atoms with Gasteiger partial charge in [0, 0.05) is 6.92 Å². The molecule has 2 unspecified atom stereocenters. The van der Waals surface area contributed by atoms with Crippen molar-refractivity contribution in [2.45, 2.75) is 26.0 Å². The summed E-state index contributed by atoms with van der Waals surface area (Å²) in [4.78, 5) is 10.4. The quantitative estimate of drug-likeness (QED) is 0.480. The first-order chi connectivity index (χ1) is 4.57. The molecule has 4 N–H and O–H groups in total. The van der Waals surface area contributed by atoms with Crippen molar-refractivity contribution < 1.29 is 20.4 Å². The average Bonchev–Trinajstić information content (AvgIpc) is 1.81. The van der Waals surface area contributed by atoms with Crippen LogP contribution < -0.4 is 5.73 Å². The summed E-state index contributed by atoms with van der Waals surface area (Å²) in [5.41, 5.74) is 3.63. The van der Waals surface area contributed by atoms with E-state index in [0.717, 1.165) is 0 Å². The van der Waals surface area contributed by atoms with Gasteiger partial charge in [0.15, 0.2) is 6.10 Å². The first-order valence-corrected chi connectivity index (χ1v) is 3.19. The van der Waals surface area contributed by atoms with Crippen LogP contribution in [-0.2, 0) is 9.53 Å². The molecule has 0 spiro atoms. The standard InChI is InChI=1S/C6H13NO3/c1-4(7)6(3-8)10-5(2)9/h4,6,8H,3,7H2,1-2H3/p+1. The summed E-state index contributed by atoms with van der Waals surface area (Å²) in [6.07, 6.45) is -0.461. The van der Waals surface area contributed by atoms with Crippen LogP contribution in [0.25, 0.3) is 0 Å². The second-order valence-corrected chi connectivity index (χ2v) is 2.31. The van der Waals surface area contributed by atoms with Crippen molar-refractivity contribution in [1.29, 1.82) is 0 Å². The van der Waals surface area contributed by atoms with Crippen LogP contribution in [0.4, 0.5) is 0 Å². The van der Waals surface area contributed by atoms with Crippen LogP contribution in [0, 0.1) is 0 Å². The Kier molecular flexibility index (Phi) is 3.99. The highest BCUT2D eigenvalue weighted by Crippen LogP contribution is 1.93. The van der Waals surface area contributed by atoms with Gasteiger partial charge in [-0.1, -0.05) is 0 Å². The van der Waals surface area contributed by atoms with Crippen molar-refractivity contribution in [2.75, 3.05) is 6.61 Å². The fourth-order valence-corrected chi connectivity index (χ4v) is 0.547. The number of esters is 1. The number of hydrogen-bond acceptors (Lipinski definition) is 3. The third-order valence-corrected chi connectivity index (χ3v) is 1.13. The van der Waals surface area contributed by atoms with Gasteiger partial charge in [0.25, 0.3) is 0 Å². The molecule has 2 atom stereocenters. The molecule has 0 aromatic rings. The molecule has 0 heterocycles. The van der Waals surface area contributed by atoms with Crippen molar-refractivity contribution in [3.63, 3.8) is 0 Å². The Bertz CT molecular complexity index is 114. The van der Waals surface area contributed by atoms with Gasteiger partial charge in [-0.05, 0) is 6.92 Å². The summed E-state index contributed by atoms with van der Waals surface area (Å²) in [6, 6.07) is -0.0751. The third kappa shape index (κ3) is 3.42. The number of carbonyl (C=O) groups is 1. The topological polar surface area (TPSA) is 74.2 Å². The van der Waals surface area contributed by atoms with Crippen LogP contribution in [0.15, 0.2) is 0 Å². The number of aliphatic hydroxyl groups excluding tert-OH is 1. The number of hydrogen-bond donors (Lipinski definition) is 2. The van der Waals surface area contributed by atoms with E-state index < -0.39 is 6.10 Å². The molecule has 4 heteroatoms. The van der Waals surface area contributed by atoms with E-state index in [2.05, 4.69) is 5.73 Å². The predicted molar refractivity (Wildman–Crippen MR) is 35.0 cm³/mol. The van der Waals surface area contributed by atoms with E-state index >= 15 is 0 Å². The maximum atomic E-state index is 10.4. The molecule has 0 rings (SSSR count). The molecule has 0 aliphatic heterocycles. The number of aliphatic hydroxyl groups is 1. The van der Waals surface area contributed by atoms with Gasteiger partial charge < -0.3 is 15.6 Å². The highest BCUT2D eigenvalue weighted by atomic mass is 16.6. The van der Waals surface area contributed by atoms with E-state index in [1.165, 1.54) is 6.92 Å². The van der Waals surface area contributed by atoms with Gasteiger partial charge in [0.1, 0.15) is 6.04 Å². The molecule has 10 heavy (non-hydrogen) atoms. The second-order valence-electron chi connectivity index (χ2n) is 2.31. The van der Waals surface area contributed by atoms with Crippen LogP contribution in [0.5, 0.6) is 0 Å². The lowest BCUT2D eigenvalue weighted by Crippen LogP contribution is -2.66. The van der Waals surface area contributed by atoms with Crippen LogP contribution in [-0.4, -0.2) is 29.8 Å². The number of carbonyl (C=O) groups excluding carboxylic acids is 1. The fraction of sp³-hybridized carbons (Fsp3) is 0.833. The smallest absolute Gasteiger partial charge is 0.303 e. The number of quaternary nitrogens is 1. The minimum absolute atomic E-state index is 0.0751. The van der Waals surface area contributed by atoms with Gasteiger partial charge in [0.2, 0.25) is 0 Å². The Labute approximate surface area is 60.0 Å². The zero-order valence-corrected chi connectivity index (χ0v) is 6.33. The Morgan fingerprint density at radius 1 is 1.80 bits per heavy atom. The van der Waals surface area contributed by atoms with Gasteiger partial charge in [-0.15, -0.1) is 0 Å². The minimum Gasteiger partial charge on any atom is -0.454 e. The summed E-state index contributed by atoms with van der Waals surface area (Å²) in [5.74, 6) is -0.380. The monoisotopic (exact) mass is 148 g/mol. The van der Waals surface area contributed by atoms with Gasteiger partial charge in [-0.25, -0.2) is 0 Å². The SMILES string of the molecule is CC(=O)OC(CO)C(C)[NH3+]. The summed E-state index contributed by atoms with van der Waals surface area (Å²) in [5, 5.41) is 8.63. The van der Waals surface area contributed by atoms with Crippen LogP contribution in [0.3, 0.4) is 0 Å². The molecule has 0 saturated carbocycles. The van der Waals surface area contributed by atoms with Crippen molar-refractivity contribution in [3.8, 4) is 0 Å². The van der Waals surface area contributed by atoms with Gasteiger partial charge in [-0.2, -0.15) is 0 Å². The first-order valence-electron chi connectivity index (χ1n) is 3.19. The van der Waals surface area contributed by atoms with Gasteiger partial charge >= 0.3 is 5.97 Å². The molecule has 0 aliphatic carbocycles. The molecule has 4 nitrogen and oxygen atoms in total. The zero-order chi connectivity index (χ0) is 8.15. The highest BCUT2D eigenvalue weighted by Gasteiger charge is 2.17. The molecular formula is C6H14NO3+. The fourth-order valence-electron chi connectivity index (χ4n) is 0.547. The maximum Gasteiger partial charge on any atom is 0.303 e. The molecule has 0 amide bonds. The Balaban J connectivity index is 3.71. The van der Waals surface area contributed by atoms with Crippen LogP contribution >= 0.6 is 0 Å². The van der Waals surface area contributed by atoms with Gasteiger partial charge in [0.05, 0.1) is 6.61 Å². The highest BCUT2D eigenvalue weighted by molar-refractivity contribution is 5.66. The zero-order valence-electron chi connectivity index (χ0n) is 6.33. The predicted octanol–water partition coefficient (Wildman–Crippen LogP) is -1.46. The van der Waals surface area contributed by atoms with Crippen LogP contribution in [0.2, 0.25) is 0 Å². The van der Waals surface area contributed by atoms with E-state index in [1.54, 1.807) is 6.92 Å². The normalized spacial score (nSPS) is 16.0. The molecule has 0 aromatic heterocycles. The summed E-state index contributed by atoms with van der Waals surface area (Å²) in [7, 11) is 0. The number of ether oxygens (including phenoxy) is 1. The molecule has 0 fully saturated rings. The Morgan fingerprint density at radius 3 is 2.40 bits per heavy atom. The van der Waals surface area contributed by atoms with E-state index in [1.807, 2.05) is 0 Å². The average molecular weight is 148 g/mol. The first kappa shape index (κ1) is 9.39. The van der Waals surface area contributed by atoms with Crippen LogP contribution in [0.1, 0.15) is 13.8 Å². The molecular weight excluding hydrogens is 134 g/mol. The minimum atomic E-state index is -0.461. The summed E-state index contributed by atoms with van der Waals surface area (Å²) >= 11 is 0. The molecule has 0 aliphatic rings.